The molecule has 0 aliphatic rings. The van der Waals surface area contributed by atoms with E-state index in [4.69, 9.17) is 0 Å². The Labute approximate surface area is 128 Å². The zero-order valence-corrected chi connectivity index (χ0v) is 13.2. The Kier molecular flexibility index (Phi) is 3.31. The second-order valence-electron chi connectivity index (χ2n) is 6.40. The minimum atomic E-state index is -0.263. The van der Waals surface area contributed by atoms with Gasteiger partial charge in [0, 0.05) is 17.8 Å². The Bertz CT molecular complexity index is 871. The number of aryl methyl sites for hydroxylation is 1. The monoisotopic (exact) mass is 297 g/mol. The first kappa shape index (κ1) is 14.4. The molecule has 3 aromatic rings. The third-order valence-electron chi connectivity index (χ3n) is 3.56. The predicted molar refractivity (Wildman–Crippen MR) is 84.9 cm³/mol. The zero-order chi connectivity index (χ0) is 15.9. The third-order valence-corrected chi connectivity index (χ3v) is 3.56. The molecule has 0 amide bonds. The number of pyridine rings is 1. The van der Waals surface area contributed by atoms with E-state index in [1.54, 1.807) is 23.3 Å². The molecule has 0 spiro atoms. The van der Waals surface area contributed by atoms with Crippen molar-refractivity contribution in [3.8, 4) is 0 Å². The summed E-state index contributed by atoms with van der Waals surface area (Å²) in [6, 6.07) is 3.78. The number of nitrogens with zero attached hydrogens (tertiary/aromatic N) is 5. The molecule has 3 heterocycles. The summed E-state index contributed by atoms with van der Waals surface area (Å²) in [5, 5.41) is 9.61. The Hall–Kier alpha value is -2.50. The second kappa shape index (κ2) is 5.05. The molecule has 6 nitrogen and oxygen atoms in total. The zero-order valence-electron chi connectivity index (χ0n) is 13.2. The van der Waals surface area contributed by atoms with Crippen LogP contribution >= 0.6 is 0 Å². The lowest BCUT2D eigenvalue weighted by Gasteiger charge is -2.20. The number of hydrogen-bond donors (Lipinski definition) is 0. The third kappa shape index (κ3) is 2.41. The number of rotatable bonds is 2. The van der Waals surface area contributed by atoms with E-state index in [0.29, 0.717) is 12.1 Å². The fourth-order valence-corrected chi connectivity index (χ4v) is 2.50. The predicted octanol–water partition coefficient (Wildman–Crippen LogP) is 2.10. The van der Waals surface area contributed by atoms with Crippen LogP contribution in [0.3, 0.4) is 0 Å². The van der Waals surface area contributed by atoms with E-state index in [0.717, 1.165) is 16.6 Å². The SMILES string of the molecule is Cc1nn(Cc2cccnc2)c(=O)c2c1cnn2C(C)(C)C. The lowest BCUT2D eigenvalue weighted by molar-refractivity contribution is 0.366. The summed E-state index contributed by atoms with van der Waals surface area (Å²) < 4.78 is 3.26. The van der Waals surface area contributed by atoms with Gasteiger partial charge in [0.05, 0.1) is 24.0 Å². The minimum Gasteiger partial charge on any atom is -0.265 e. The van der Waals surface area contributed by atoms with Gasteiger partial charge in [0.15, 0.2) is 0 Å². The van der Waals surface area contributed by atoms with E-state index in [2.05, 4.69) is 15.2 Å². The fourth-order valence-electron chi connectivity index (χ4n) is 2.50. The van der Waals surface area contributed by atoms with Crippen molar-refractivity contribution < 1.29 is 0 Å². The molecule has 3 aromatic heterocycles. The van der Waals surface area contributed by atoms with Crippen LogP contribution in [0.15, 0.2) is 35.5 Å². The lowest BCUT2D eigenvalue weighted by atomic mass is 10.1. The van der Waals surface area contributed by atoms with Crippen LogP contribution < -0.4 is 5.56 Å². The summed E-state index contributed by atoms with van der Waals surface area (Å²) in [6.45, 7) is 8.38. The molecule has 22 heavy (non-hydrogen) atoms. The first-order valence-corrected chi connectivity index (χ1v) is 7.23. The Morgan fingerprint density at radius 2 is 2.00 bits per heavy atom. The van der Waals surface area contributed by atoms with Crippen LogP contribution in [0.4, 0.5) is 0 Å². The van der Waals surface area contributed by atoms with Crippen molar-refractivity contribution in [1.82, 2.24) is 24.5 Å². The van der Waals surface area contributed by atoms with Gasteiger partial charge in [0.2, 0.25) is 0 Å². The molecule has 0 atom stereocenters. The molecule has 0 saturated carbocycles. The summed E-state index contributed by atoms with van der Waals surface area (Å²) >= 11 is 0. The van der Waals surface area contributed by atoms with E-state index in [1.165, 1.54) is 4.68 Å². The lowest BCUT2D eigenvalue weighted by Crippen LogP contribution is -2.31. The van der Waals surface area contributed by atoms with Crippen molar-refractivity contribution in [2.24, 2.45) is 0 Å². The molecular weight excluding hydrogens is 278 g/mol. The highest BCUT2D eigenvalue weighted by Gasteiger charge is 2.21. The molecular formula is C16H19N5O. The maximum absolute atomic E-state index is 12.8. The molecule has 0 N–H and O–H groups in total. The van der Waals surface area contributed by atoms with Gasteiger partial charge < -0.3 is 0 Å². The fraction of sp³-hybridized carbons (Fsp3) is 0.375. The number of fused-ring (bicyclic) bond motifs is 1. The summed E-state index contributed by atoms with van der Waals surface area (Å²) in [4.78, 5) is 16.9. The van der Waals surface area contributed by atoms with Crippen LogP contribution in [0.2, 0.25) is 0 Å². The normalized spacial score (nSPS) is 12.0. The van der Waals surface area contributed by atoms with E-state index >= 15 is 0 Å². The molecule has 0 fully saturated rings. The van der Waals surface area contributed by atoms with Gasteiger partial charge in [-0.2, -0.15) is 10.2 Å². The molecule has 0 aromatic carbocycles. The van der Waals surface area contributed by atoms with E-state index in [-0.39, 0.29) is 11.1 Å². The first-order chi connectivity index (χ1) is 10.4. The van der Waals surface area contributed by atoms with Crippen molar-refractivity contribution in [3.63, 3.8) is 0 Å². The van der Waals surface area contributed by atoms with Crippen molar-refractivity contribution >= 4 is 10.9 Å². The minimum absolute atomic E-state index is 0.128. The van der Waals surface area contributed by atoms with Gasteiger partial charge in [0.1, 0.15) is 5.52 Å². The molecule has 0 unspecified atom stereocenters. The summed E-state index contributed by atoms with van der Waals surface area (Å²) in [7, 11) is 0. The topological polar surface area (TPSA) is 65.6 Å². The second-order valence-corrected chi connectivity index (χ2v) is 6.40. The van der Waals surface area contributed by atoms with Crippen LogP contribution in [0, 0.1) is 6.92 Å². The van der Waals surface area contributed by atoms with Crippen molar-refractivity contribution in [2.75, 3.05) is 0 Å². The maximum atomic E-state index is 12.8. The molecule has 0 radical (unpaired) electrons. The van der Waals surface area contributed by atoms with Crippen molar-refractivity contribution in [2.45, 2.75) is 39.8 Å². The van der Waals surface area contributed by atoms with Crippen molar-refractivity contribution in [1.29, 1.82) is 0 Å². The standard InChI is InChI=1S/C16H19N5O/c1-11-13-9-18-21(16(2,3)4)14(13)15(22)20(19-11)10-12-6-5-7-17-8-12/h5-9H,10H2,1-4H3. The van der Waals surface area contributed by atoms with Crippen LogP contribution in [0.1, 0.15) is 32.0 Å². The molecule has 0 saturated heterocycles. The van der Waals surface area contributed by atoms with Gasteiger partial charge in [-0.25, -0.2) is 4.68 Å². The van der Waals surface area contributed by atoms with E-state index in [9.17, 15) is 4.79 Å². The Morgan fingerprint density at radius 3 is 2.64 bits per heavy atom. The highest BCUT2D eigenvalue weighted by atomic mass is 16.1. The quantitative estimate of drug-likeness (QED) is 0.726. The van der Waals surface area contributed by atoms with Gasteiger partial charge in [-0.05, 0) is 39.3 Å². The van der Waals surface area contributed by atoms with Gasteiger partial charge in [-0.1, -0.05) is 6.07 Å². The average Bonchev–Trinajstić information content (AvgIpc) is 2.91. The van der Waals surface area contributed by atoms with Crippen molar-refractivity contribution in [3.05, 3.63) is 52.3 Å². The molecule has 3 rings (SSSR count). The molecule has 114 valence electrons. The van der Waals surface area contributed by atoms with Crippen LogP contribution in [-0.4, -0.2) is 24.5 Å². The highest BCUT2D eigenvalue weighted by molar-refractivity contribution is 5.79. The maximum Gasteiger partial charge on any atom is 0.293 e. The molecule has 0 bridgehead atoms. The van der Waals surface area contributed by atoms with Gasteiger partial charge >= 0.3 is 0 Å². The summed E-state index contributed by atoms with van der Waals surface area (Å²) in [6.07, 6.45) is 5.18. The van der Waals surface area contributed by atoms with Gasteiger partial charge in [-0.3, -0.25) is 14.5 Å². The highest BCUT2D eigenvalue weighted by Crippen LogP contribution is 2.20. The number of hydrogen-bond acceptors (Lipinski definition) is 4. The van der Waals surface area contributed by atoms with Crippen LogP contribution in [0.25, 0.3) is 10.9 Å². The van der Waals surface area contributed by atoms with Gasteiger partial charge in [-0.15, -0.1) is 0 Å². The van der Waals surface area contributed by atoms with Gasteiger partial charge in [0.25, 0.3) is 5.56 Å². The van der Waals surface area contributed by atoms with E-state index < -0.39 is 0 Å². The van der Waals surface area contributed by atoms with Crippen LogP contribution in [-0.2, 0) is 12.1 Å². The smallest absolute Gasteiger partial charge is 0.265 e. The largest absolute Gasteiger partial charge is 0.293 e. The number of aromatic nitrogens is 5. The summed E-state index contributed by atoms with van der Waals surface area (Å²) in [5.74, 6) is 0. The molecule has 0 aliphatic carbocycles. The molecule has 6 heteroatoms. The van der Waals surface area contributed by atoms with Crippen LogP contribution in [0.5, 0.6) is 0 Å². The average molecular weight is 297 g/mol. The first-order valence-electron chi connectivity index (χ1n) is 7.23. The van der Waals surface area contributed by atoms with E-state index in [1.807, 2.05) is 39.8 Å². The Balaban J connectivity index is 2.21. The Morgan fingerprint density at radius 1 is 1.23 bits per heavy atom. The molecule has 0 aliphatic heterocycles. The summed E-state index contributed by atoms with van der Waals surface area (Å²) in [5.41, 5.74) is 1.95.